The Morgan fingerprint density at radius 3 is 3.17 bits per heavy atom. The van der Waals surface area contributed by atoms with Crippen molar-refractivity contribution in [1.82, 2.24) is 9.97 Å². The second-order valence-corrected chi connectivity index (χ2v) is 4.52. The Morgan fingerprint density at radius 1 is 1.56 bits per heavy atom. The van der Waals surface area contributed by atoms with Gasteiger partial charge in [0.15, 0.2) is 0 Å². The van der Waals surface area contributed by atoms with Crippen LogP contribution in [0, 0.1) is 5.92 Å². The van der Waals surface area contributed by atoms with Crippen LogP contribution in [-0.4, -0.2) is 49.9 Å². The van der Waals surface area contributed by atoms with Crippen molar-refractivity contribution in [3.63, 3.8) is 0 Å². The molecule has 0 radical (unpaired) electrons. The maximum atomic E-state index is 5.70. The third-order valence-corrected chi connectivity index (χ3v) is 3.21. The van der Waals surface area contributed by atoms with Crippen molar-refractivity contribution in [2.24, 2.45) is 11.7 Å². The highest BCUT2D eigenvalue weighted by molar-refractivity contribution is 5.49. The maximum Gasteiger partial charge on any atom is 0.134 e. The molecule has 3 N–H and O–H groups in total. The lowest BCUT2D eigenvalue weighted by Gasteiger charge is -2.17. The van der Waals surface area contributed by atoms with Crippen molar-refractivity contribution >= 4 is 11.6 Å². The van der Waals surface area contributed by atoms with E-state index in [1.807, 2.05) is 6.07 Å². The van der Waals surface area contributed by atoms with E-state index in [9.17, 15) is 0 Å². The Labute approximate surface area is 108 Å². The zero-order chi connectivity index (χ0) is 12.8. The lowest BCUT2D eigenvalue weighted by atomic mass is 10.1. The number of anilines is 2. The van der Waals surface area contributed by atoms with Crippen LogP contribution in [0.1, 0.15) is 6.42 Å². The standard InChI is InChI=1S/C12H21N5O/c1-18-5-3-14-11-6-12(16-9-15-11)17-4-2-10(7-13)8-17/h6,9-10H,2-5,7-8,13H2,1H3,(H,14,15,16). The van der Waals surface area contributed by atoms with E-state index in [-0.39, 0.29) is 0 Å². The van der Waals surface area contributed by atoms with Gasteiger partial charge in [-0.3, -0.25) is 0 Å². The number of ether oxygens (including phenoxy) is 1. The number of nitrogens with zero attached hydrogens (tertiary/aromatic N) is 3. The number of hydrogen-bond acceptors (Lipinski definition) is 6. The number of aromatic nitrogens is 2. The van der Waals surface area contributed by atoms with Crippen molar-refractivity contribution in [3.05, 3.63) is 12.4 Å². The Morgan fingerprint density at radius 2 is 2.44 bits per heavy atom. The summed E-state index contributed by atoms with van der Waals surface area (Å²) in [5, 5.41) is 3.21. The molecule has 6 nitrogen and oxygen atoms in total. The molecule has 1 saturated heterocycles. The van der Waals surface area contributed by atoms with Gasteiger partial charge in [0.1, 0.15) is 18.0 Å². The molecular weight excluding hydrogens is 230 g/mol. The van der Waals surface area contributed by atoms with Crippen LogP contribution in [0.25, 0.3) is 0 Å². The summed E-state index contributed by atoms with van der Waals surface area (Å²) in [5.41, 5.74) is 5.70. The average molecular weight is 251 g/mol. The molecule has 100 valence electrons. The highest BCUT2D eigenvalue weighted by Gasteiger charge is 2.22. The highest BCUT2D eigenvalue weighted by Crippen LogP contribution is 2.22. The van der Waals surface area contributed by atoms with E-state index in [1.54, 1.807) is 13.4 Å². The van der Waals surface area contributed by atoms with Crippen molar-refractivity contribution in [1.29, 1.82) is 0 Å². The van der Waals surface area contributed by atoms with Gasteiger partial charge in [-0.2, -0.15) is 0 Å². The van der Waals surface area contributed by atoms with Crippen molar-refractivity contribution in [2.75, 3.05) is 50.1 Å². The molecule has 0 spiro atoms. The SMILES string of the molecule is COCCNc1cc(N2CCC(CN)C2)ncn1. The molecular formula is C12H21N5O. The summed E-state index contributed by atoms with van der Waals surface area (Å²) in [7, 11) is 1.68. The van der Waals surface area contributed by atoms with Crippen molar-refractivity contribution < 1.29 is 4.74 Å². The molecule has 2 heterocycles. The number of methoxy groups -OCH3 is 1. The summed E-state index contributed by atoms with van der Waals surface area (Å²) in [6, 6.07) is 1.98. The van der Waals surface area contributed by atoms with Gasteiger partial charge in [-0.15, -0.1) is 0 Å². The number of rotatable bonds is 6. The molecule has 1 unspecified atom stereocenters. The average Bonchev–Trinajstić information content (AvgIpc) is 2.88. The fourth-order valence-electron chi connectivity index (χ4n) is 2.13. The predicted molar refractivity (Wildman–Crippen MR) is 71.8 cm³/mol. The van der Waals surface area contributed by atoms with Gasteiger partial charge >= 0.3 is 0 Å². The maximum absolute atomic E-state index is 5.70. The van der Waals surface area contributed by atoms with Crippen molar-refractivity contribution in [3.8, 4) is 0 Å². The molecule has 1 aromatic rings. The van der Waals surface area contributed by atoms with Crippen LogP contribution in [0.2, 0.25) is 0 Å². The molecule has 0 amide bonds. The molecule has 1 fully saturated rings. The van der Waals surface area contributed by atoms with Crippen LogP contribution in [0.15, 0.2) is 12.4 Å². The Kier molecular flexibility index (Phi) is 4.72. The molecule has 0 saturated carbocycles. The first-order valence-electron chi connectivity index (χ1n) is 6.33. The van der Waals surface area contributed by atoms with Gasteiger partial charge in [-0.25, -0.2) is 9.97 Å². The van der Waals surface area contributed by atoms with E-state index in [4.69, 9.17) is 10.5 Å². The van der Waals surface area contributed by atoms with Gasteiger partial charge in [0.05, 0.1) is 6.61 Å². The second-order valence-electron chi connectivity index (χ2n) is 4.52. The minimum atomic E-state index is 0.588. The van der Waals surface area contributed by atoms with Crippen LogP contribution < -0.4 is 16.0 Å². The van der Waals surface area contributed by atoms with Crippen LogP contribution >= 0.6 is 0 Å². The summed E-state index contributed by atoms with van der Waals surface area (Å²) < 4.78 is 4.99. The zero-order valence-electron chi connectivity index (χ0n) is 10.8. The van der Waals surface area contributed by atoms with E-state index in [2.05, 4.69) is 20.2 Å². The Hall–Kier alpha value is -1.40. The van der Waals surface area contributed by atoms with E-state index in [0.29, 0.717) is 12.5 Å². The van der Waals surface area contributed by atoms with Gasteiger partial charge in [0.2, 0.25) is 0 Å². The van der Waals surface area contributed by atoms with Gasteiger partial charge < -0.3 is 20.7 Å². The summed E-state index contributed by atoms with van der Waals surface area (Å²) in [6.45, 7) is 4.18. The molecule has 1 aromatic heterocycles. The normalized spacial score (nSPS) is 19.2. The highest BCUT2D eigenvalue weighted by atomic mass is 16.5. The van der Waals surface area contributed by atoms with E-state index < -0.39 is 0 Å². The van der Waals surface area contributed by atoms with Gasteiger partial charge in [0, 0.05) is 32.8 Å². The molecule has 1 aliphatic rings. The second kappa shape index (κ2) is 6.51. The lowest BCUT2D eigenvalue weighted by Crippen LogP contribution is -2.23. The minimum Gasteiger partial charge on any atom is -0.383 e. The molecule has 2 rings (SSSR count). The smallest absolute Gasteiger partial charge is 0.134 e. The number of nitrogens with two attached hydrogens (primary N) is 1. The zero-order valence-corrected chi connectivity index (χ0v) is 10.8. The molecule has 0 bridgehead atoms. The summed E-state index contributed by atoms with van der Waals surface area (Å²) in [6.07, 6.45) is 2.74. The summed E-state index contributed by atoms with van der Waals surface area (Å²) in [5.74, 6) is 2.40. The predicted octanol–water partition coefficient (Wildman–Crippen LogP) is 0.320. The first-order valence-corrected chi connectivity index (χ1v) is 6.33. The van der Waals surface area contributed by atoms with E-state index in [0.717, 1.165) is 44.2 Å². The molecule has 0 aliphatic carbocycles. The van der Waals surface area contributed by atoms with Crippen LogP contribution in [0.5, 0.6) is 0 Å². The Balaban J connectivity index is 1.94. The number of hydrogen-bond donors (Lipinski definition) is 2. The molecule has 6 heteroatoms. The van der Waals surface area contributed by atoms with Gasteiger partial charge in [0.25, 0.3) is 0 Å². The van der Waals surface area contributed by atoms with Gasteiger partial charge in [-0.05, 0) is 18.9 Å². The largest absolute Gasteiger partial charge is 0.383 e. The Bertz CT molecular complexity index is 373. The molecule has 1 aliphatic heterocycles. The fraction of sp³-hybridized carbons (Fsp3) is 0.667. The summed E-state index contributed by atoms with van der Waals surface area (Å²) >= 11 is 0. The van der Waals surface area contributed by atoms with Gasteiger partial charge in [-0.1, -0.05) is 0 Å². The third-order valence-electron chi connectivity index (χ3n) is 3.21. The molecule has 18 heavy (non-hydrogen) atoms. The van der Waals surface area contributed by atoms with Crippen LogP contribution in [-0.2, 0) is 4.74 Å². The van der Waals surface area contributed by atoms with Crippen LogP contribution in [0.3, 0.4) is 0 Å². The third kappa shape index (κ3) is 3.30. The monoisotopic (exact) mass is 251 g/mol. The number of nitrogens with one attached hydrogen (secondary N) is 1. The quantitative estimate of drug-likeness (QED) is 0.709. The summed E-state index contributed by atoms with van der Waals surface area (Å²) in [4.78, 5) is 10.8. The van der Waals surface area contributed by atoms with E-state index >= 15 is 0 Å². The minimum absolute atomic E-state index is 0.588. The topological polar surface area (TPSA) is 76.3 Å². The lowest BCUT2D eigenvalue weighted by molar-refractivity contribution is 0.210. The van der Waals surface area contributed by atoms with Crippen LogP contribution in [0.4, 0.5) is 11.6 Å². The van der Waals surface area contributed by atoms with E-state index in [1.165, 1.54) is 0 Å². The molecule has 1 atom stereocenters. The first-order chi connectivity index (χ1) is 8.83. The van der Waals surface area contributed by atoms with Crippen molar-refractivity contribution in [2.45, 2.75) is 6.42 Å². The fourth-order valence-corrected chi connectivity index (χ4v) is 2.13. The first kappa shape index (κ1) is 13.0. The molecule has 0 aromatic carbocycles.